The van der Waals surface area contributed by atoms with Gasteiger partial charge in [0, 0.05) is 19.1 Å². The van der Waals surface area contributed by atoms with Gasteiger partial charge in [0.1, 0.15) is 0 Å². The van der Waals surface area contributed by atoms with Crippen LogP contribution in [-0.2, 0) is 9.84 Å². The molecule has 0 spiro atoms. The Hall–Kier alpha value is -1.73. The van der Waals surface area contributed by atoms with Gasteiger partial charge in [0.2, 0.25) is 0 Å². The molecule has 0 unspecified atom stereocenters. The lowest BCUT2D eigenvalue weighted by Crippen LogP contribution is -2.42. The Morgan fingerprint density at radius 1 is 0.920 bits per heavy atom. The lowest BCUT2D eigenvalue weighted by Gasteiger charge is -2.21. The van der Waals surface area contributed by atoms with Gasteiger partial charge in [-0.1, -0.05) is 60.7 Å². The first kappa shape index (κ1) is 18.1. The van der Waals surface area contributed by atoms with Crippen LogP contribution >= 0.6 is 0 Å². The third-order valence-electron chi connectivity index (χ3n) is 4.47. The standard InChI is InChI=1S/C19H24N2O3S/c22-18-14-25(23,24)13-17(18)20-11-12-21-19(15-7-3-1-4-8-15)16-9-5-2-6-10-16/h1-10,17-22H,11-14H2/t17-,18+/m0/s1. The van der Waals surface area contributed by atoms with Gasteiger partial charge in [-0.15, -0.1) is 0 Å². The summed E-state index contributed by atoms with van der Waals surface area (Å²) in [5.41, 5.74) is 2.36. The molecule has 5 nitrogen and oxygen atoms in total. The highest BCUT2D eigenvalue weighted by Gasteiger charge is 2.35. The van der Waals surface area contributed by atoms with Crippen molar-refractivity contribution in [2.45, 2.75) is 18.2 Å². The van der Waals surface area contributed by atoms with E-state index < -0.39 is 15.9 Å². The van der Waals surface area contributed by atoms with Crippen molar-refractivity contribution < 1.29 is 13.5 Å². The van der Waals surface area contributed by atoms with Gasteiger partial charge in [-0.05, 0) is 11.1 Å². The molecular formula is C19H24N2O3S. The van der Waals surface area contributed by atoms with Crippen LogP contribution in [-0.4, -0.2) is 50.3 Å². The summed E-state index contributed by atoms with van der Waals surface area (Å²) in [5.74, 6) is -0.135. The SMILES string of the molecule is O=S1(=O)C[C@@H](O)[C@@H](NCCNC(c2ccccc2)c2ccccc2)C1. The van der Waals surface area contributed by atoms with Crippen molar-refractivity contribution in [3.63, 3.8) is 0 Å². The molecule has 1 saturated heterocycles. The molecule has 2 atom stereocenters. The molecule has 25 heavy (non-hydrogen) atoms. The first-order chi connectivity index (χ1) is 12.1. The number of nitrogens with one attached hydrogen (secondary N) is 2. The summed E-state index contributed by atoms with van der Waals surface area (Å²) in [6.07, 6.45) is -0.816. The fourth-order valence-electron chi connectivity index (χ4n) is 3.22. The third-order valence-corrected chi connectivity index (χ3v) is 6.18. The van der Waals surface area contributed by atoms with E-state index in [0.29, 0.717) is 13.1 Å². The first-order valence-corrected chi connectivity index (χ1v) is 10.3. The normalized spacial score (nSPS) is 22.3. The molecule has 0 aliphatic carbocycles. The van der Waals surface area contributed by atoms with Crippen molar-refractivity contribution in [2.75, 3.05) is 24.6 Å². The summed E-state index contributed by atoms with van der Waals surface area (Å²) in [6, 6.07) is 20.1. The maximum atomic E-state index is 11.5. The second kappa shape index (κ2) is 8.10. The highest BCUT2D eigenvalue weighted by Crippen LogP contribution is 2.21. The smallest absolute Gasteiger partial charge is 0.154 e. The lowest BCUT2D eigenvalue weighted by atomic mass is 9.99. The minimum atomic E-state index is -3.12. The number of sulfone groups is 1. The number of aliphatic hydroxyl groups excluding tert-OH is 1. The topological polar surface area (TPSA) is 78.4 Å². The molecule has 1 fully saturated rings. The maximum absolute atomic E-state index is 11.5. The predicted molar refractivity (Wildman–Crippen MR) is 99.2 cm³/mol. The van der Waals surface area contributed by atoms with Gasteiger partial charge >= 0.3 is 0 Å². The molecule has 3 rings (SSSR count). The van der Waals surface area contributed by atoms with Crippen molar-refractivity contribution in [3.05, 3.63) is 71.8 Å². The minimum Gasteiger partial charge on any atom is -0.390 e. The average molecular weight is 360 g/mol. The number of hydrogen-bond donors (Lipinski definition) is 3. The van der Waals surface area contributed by atoms with E-state index in [1.54, 1.807) is 0 Å². The van der Waals surface area contributed by atoms with Crippen LogP contribution in [0.3, 0.4) is 0 Å². The van der Waals surface area contributed by atoms with E-state index in [-0.39, 0.29) is 23.6 Å². The first-order valence-electron chi connectivity index (χ1n) is 8.50. The van der Waals surface area contributed by atoms with Gasteiger partial charge in [0.25, 0.3) is 0 Å². The largest absolute Gasteiger partial charge is 0.390 e. The highest BCUT2D eigenvalue weighted by molar-refractivity contribution is 7.91. The van der Waals surface area contributed by atoms with Gasteiger partial charge in [0.05, 0.1) is 23.7 Å². The maximum Gasteiger partial charge on any atom is 0.154 e. The summed E-state index contributed by atoms with van der Waals surface area (Å²) < 4.78 is 23.1. The Labute approximate surface area is 149 Å². The third kappa shape index (κ3) is 4.89. The van der Waals surface area contributed by atoms with Crippen molar-refractivity contribution in [1.82, 2.24) is 10.6 Å². The van der Waals surface area contributed by atoms with Crippen LogP contribution in [0, 0.1) is 0 Å². The molecule has 1 aliphatic heterocycles. The molecule has 2 aromatic carbocycles. The molecule has 0 radical (unpaired) electrons. The van der Waals surface area contributed by atoms with E-state index in [1.165, 1.54) is 11.1 Å². The Kier molecular flexibility index (Phi) is 5.86. The Morgan fingerprint density at radius 3 is 1.96 bits per heavy atom. The van der Waals surface area contributed by atoms with Crippen LogP contribution < -0.4 is 10.6 Å². The molecule has 134 valence electrons. The molecule has 1 heterocycles. The molecule has 0 amide bonds. The Bertz CT molecular complexity index is 726. The fourth-order valence-corrected chi connectivity index (χ4v) is 4.99. The van der Waals surface area contributed by atoms with Crippen LogP contribution in [0.5, 0.6) is 0 Å². The summed E-state index contributed by atoms with van der Waals surface area (Å²) in [6.45, 7) is 1.26. The predicted octanol–water partition coefficient (Wildman–Crippen LogP) is 1.11. The Balaban J connectivity index is 1.59. The van der Waals surface area contributed by atoms with E-state index >= 15 is 0 Å². The van der Waals surface area contributed by atoms with E-state index in [2.05, 4.69) is 34.9 Å². The van der Waals surface area contributed by atoms with Gasteiger partial charge in [-0.3, -0.25) is 0 Å². The van der Waals surface area contributed by atoms with Crippen LogP contribution in [0.25, 0.3) is 0 Å². The van der Waals surface area contributed by atoms with Crippen molar-refractivity contribution in [1.29, 1.82) is 0 Å². The second-order valence-corrected chi connectivity index (χ2v) is 8.57. The quantitative estimate of drug-likeness (QED) is 0.645. The van der Waals surface area contributed by atoms with Crippen LogP contribution in [0.2, 0.25) is 0 Å². The summed E-state index contributed by atoms with van der Waals surface area (Å²) >= 11 is 0. The second-order valence-electron chi connectivity index (χ2n) is 6.41. The number of rotatable bonds is 7. The summed E-state index contributed by atoms with van der Waals surface area (Å²) in [7, 11) is -3.12. The molecule has 6 heteroatoms. The monoisotopic (exact) mass is 360 g/mol. The van der Waals surface area contributed by atoms with Gasteiger partial charge < -0.3 is 15.7 Å². The average Bonchev–Trinajstić information content (AvgIpc) is 2.88. The van der Waals surface area contributed by atoms with Crippen molar-refractivity contribution in [3.8, 4) is 0 Å². The van der Waals surface area contributed by atoms with E-state index in [1.807, 2.05) is 36.4 Å². The molecule has 2 aromatic rings. The zero-order chi connectivity index (χ0) is 17.7. The van der Waals surface area contributed by atoms with Crippen molar-refractivity contribution in [2.24, 2.45) is 0 Å². The summed E-state index contributed by atoms with van der Waals surface area (Å²) in [5, 5.41) is 16.5. The number of benzene rings is 2. The number of aliphatic hydroxyl groups is 1. The zero-order valence-corrected chi connectivity index (χ0v) is 14.8. The minimum absolute atomic E-state index is 0.00889. The fraction of sp³-hybridized carbons (Fsp3) is 0.368. The number of hydrogen-bond acceptors (Lipinski definition) is 5. The lowest BCUT2D eigenvalue weighted by molar-refractivity contribution is 0.166. The molecule has 0 bridgehead atoms. The van der Waals surface area contributed by atoms with Crippen molar-refractivity contribution >= 4 is 9.84 Å². The summed E-state index contributed by atoms with van der Waals surface area (Å²) in [4.78, 5) is 0. The highest BCUT2D eigenvalue weighted by atomic mass is 32.2. The van der Waals surface area contributed by atoms with Crippen LogP contribution in [0.1, 0.15) is 17.2 Å². The van der Waals surface area contributed by atoms with E-state index in [0.717, 1.165) is 0 Å². The van der Waals surface area contributed by atoms with Gasteiger partial charge in [-0.2, -0.15) is 0 Å². The molecule has 1 aliphatic rings. The van der Waals surface area contributed by atoms with Crippen LogP contribution in [0.4, 0.5) is 0 Å². The van der Waals surface area contributed by atoms with E-state index in [9.17, 15) is 13.5 Å². The van der Waals surface area contributed by atoms with E-state index in [4.69, 9.17) is 0 Å². The zero-order valence-electron chi connectivity index (χ0n) is 14.0. The van der Waals surface area contributed by atoms with Gasteiger partial charge in [0.15, 0.2) is 9.84 Å². The molecule has 0 saturated carbocycles. The van der Waals surface area contributed by atoms with Gasteiger partial charge in [-0.25, -0.2) is 8.42 Å². The van der Waals surface area contributed by atoms with Crippen LogP contribution in [0.15, 0.2) is 60.7 Å². The Morgan fingerprint density at radius 2 is 1.48 bits per heavy atom. The molecular weight excluding hydrogens is 336 g/mol. The molecule has 0 aromatic heterocycles. The molecule has 3 N–H and O–H groups in total.